The van der Waals surface area contributed by atoms with Crippen LogP contribution in [0.15, 0.2) is 18.3 Å². The number of pyridine rings is 1. The number of imide groups is 1. The number of nitrogens with zero attached hydrogens (tertiary/aromatic N) is 5. The number of aromatic nitrogens is 5. The molecule has 3 heterocycles. The third-order valence-corrected chi connectivity index (χ3v) is 2.80. The Labute approximate surface area is 101 Å². The van der Waals surface area contributed by atoms with Crippen LogP contribution >= 0.6 is 0 Å². The molecule has 18 heavy (non-hydrogen) atoms. The molecule has 0 saturated carbocycles. The predicted octanol–water partition coefficient (Wildman–Crippen LogP) is -0.0481. The molecule has 0 saturated heterocycles. The second kappa shape index (κ2) is 3.69. The van der Waals surface area contributed by atoms with Crippen LogP contribution in [-0.2, 0) is 0 Å². The molecule has 0 spiro atoms. The van der Waals surface area contributed by atoms with Gasteiger partial charge in [-0.25, -0.2) is 0 Å². The minimum absolute atomic E-state index is 0.165. The number of carbonyl (C=O) groups excluding carboxylic acids is 2. The number of hydrogen-bond donors (Lipinski definition) is 1. The molecular weight excluding hydrogens is 236 g/mol. The zero-order chi connectivity index (χ0) is 12.7. The largest absolute Gasteiger partial charge is 0.280 e. The lowest BCUT2D eigenvalue weighted by Gasteiger charge is -2.18. The monoisotopic (exact) mass is 244 g/mol. The smallest absolute Gasteiger partial charge is 0.268 e. The fourth-order valence-electron chi connectivity index (χ4n) is 1.90. The molecule has 90 valence electrons. The van der Waals surface area contributed by atoms with Crippen LogP contribution < -0.4 is 0 Å². The van der Waals surface area contributed by atoms with Gasteiger partial charge in [-0.15, -0.1) is 10.2 Å². The van der Waals surface area contributed by atoms with Crippen molar-refractivity contribution in [1.29, 1.82) is 0 Å². The number of aromatic amines is 1. The van der Waals surface area contributed by atoms with E-state index >= 15 is 0 Å². The third-order valence-electron chi connectivity index (χ3n) is 2.80. The topological polar surface area (TPSA) is 105 Å². The molecule has 1 unspecified atom stereocenters. The van der Waals surface area contributed by atoms with Crippen LogP contribution in [0.5, 0.6) is 0 Å². The van der Waals surface area contributed by atoms with E-state index in [4.69, 9.17) is 0 Å². The average molecular weight is 244 g/mol. The number of hydrogen-bond acceptors (Lipinski definition) is 6. The maximum absolute atomic E-state index is 12.1. The molecule has 2 aromatic heterocycles. The summed E-state index contributed by atoms with van der Waals surface area (Å²) < 4.78 is 0. The molecule has 0 aliphatic carbocycles. The van der Waals surface area contributed by atoms with Gasteiger partial charge in [0.2, 0.25) is 0 Å². The zero-order valence-corrected chi connectivity index (χ0v) is 9.36. The fourth-order valence-corrected chi connectivity index (χ4v) is 1.90. The summed E-state index contributed by atoms with van der Waals surface area (Å²) in [5.41, 5.74) is 0.468. The van der Waals surface area contributed by atoms with Gasteiger partial charge in [-0.3, -0.25) is 19.5 Å². The van der Waals surface area contributed by atoms with Crippen molar-refractivity contribution < 1.29 is 9.59 Å². The van der Waals surface area contributed by atoms with Crippen LogP contribution in [0.1, 0.15) is 39.6 Å². The highest BCUT2D eigenvalue weighted by atomic mass is 16.2. The highest BCUT2D eigenvalue weighted by Crippen LogP contribution is 2.27. The SMILES string of the molecule is CC(c1nn[nH]n1)N1C(=O)c2cccnc2C1=O. The first-order valence-corrected chi connectivity index (χ1v) is 5.26. The second-order valence-corrected chi connectivity index (χ2v) is 3.83. The number of tetrazole rings is 1. The van der Waals surface area contributed by atoms with Crippen LogP contribution in [0.2, 0.25) is 0 Å². The maximum Gasteiger partial charge on any atom is 0.280 e. The minimum atomic E-state index is -0.585. The highest BCUT2D eigenvalue weighted by molar-refractivity contribution is 6.20. The molecule has 3 rings (SSSR count). The Hall–Kier alpha value is -2.64. The Morgan fingerprint density at radius 2 is 2.17 bits per heavy atom. The number of amides is 2. The molecule has 1 atom stereocenters. The molecule has 0 radical (unpaired) electrons. The van der Waals surface area contributed by atoms with Gasteiger partial charge in [-0.05, 0) is 19.1 Å². The number of nitrogens with one attached hydrogen (secondary N) is 1. The summed E-state index contributed by atoms with van der Waals surface area (Å²) in [6.45, 7) is 1.66. The number of carbonyl (C=O) groups is 2. The van der Waals surface area contributed by atoms with Gasteiger partial charge >= 0.3 is 0 Å². The molecule has 1 aliphatic heterocycles. The summed E-state index contributed by atoms with van der Waals surface area (Å²) in [7, 11) is 0. The molecule has 8 heteroatoms. The van der Waals surface area contributed by atoms with Crippen molar-refractivity contribution in [2.45, 2.75) is 13.0 Å². The molecule has 2 amide bonds. The van der Waals surface area contributed by atoms with E-state index < -0.39 is 11.9 Å². The standard InChI is InChI=1S/C10H8N6O2/c1-5(8-12-14-15-13-8)16-9(17)6-3-2-4-11-7(6)10(16)18/h2-5H,1H3,(H,12,13,14,15). The summed E-state index contributed by atoms with van der Waals surface area (Å²) in [6, 6.07) is 2.61. The Morgan fingerprint density at radius 1 is 1.33 bits per heavy atom. The summed E-state index contributed by atoms with van der Waals surface area (Å²) in [5, 5.41) is 13.3. The summed E-state index contributed by atoms with van der Waals surface area (Å²) in [4.78, 5) is 29.2. The molecule has 0 bridgehead atoms. The lowest BCUT2D eigenvalue weighted by Crippen LogP contribution is -2.33. The fraction of sp³-hybridized carbons (Fsp3) is 0.200. The van der Waals surface area contributed by atoms with Crippen molar-refractivity contribution in [3.8, 4) is 0 Å². The first-order valence-electron chi connectivity index (χ1n) is 5.26. The lowest BCUT2D eigenvalue weighted by molar-refractivity contribution is 0.0587. The van der Waals surface area contributed by atoms with E-state index in [-0.39, 0.29) is 17.4 Å². The minimum Gasteiger partial charge on any atom is -0.268 e. The Balaban J connectivity index is 2.02. The van der Waals surface area contributed by atoms with Crippen LogP contribution in [0.4, 0.5) is 0 Å². The average Bonchev–Trinajstić information content (AvgIpc) is 2.99. The number of fused-ring (bicyclic) bond motifs is 1. The third kappa shape index (κ3) is 1.32. The Kier molecular flexibility index (Phi) is 2.15. The van der Waals surface area contributed by atoms with E-state index in [0.717, 1.165) is 4.90 Å². The van der Waals surface area contributed by atoms with Gasteiger partial charge < -0.3 is 0 Å². The Morgan fingerprint density at radius 3 is 2.83 bits per heavy atom. The van der Waals surface area contributed by atoms with Gasteiger partial charge in [-0.1, -0.05) is 5.21 Å². The van der Waals surface area contributed by atoms with Gasteiger partial charge in [0.1, 0.15) is 11.7 Å². The van der Waals surface area contributed by atoms with Crippen LogP contribution in [-0.4, -0.2) is 42.3 Å². The van der Waals surface area contributed by atoms with Gasteiger partial charge in [0, 0.05) is 6.20 Å². The van der Waals surface area contributed by atoms with E-state index in [9.17, 15) is 9.59 Å². The van der Waals surface area contributed by atoms with Crippen molar-refractivity contribution in [2.24, 2.45) is 0 Å². The van der Waals surface area contributed by atoms with Gasteiger partial charge in [-0.2, -0.15) is 5.21 Å². The van der Waals surface area contributed by atoms with Gasteiger partial charge in [0.15, 0.2) is 5.82 Å². The molecule has 1 aliphatic rings. The van der Waals surface area contributed by atoms with Crippen LogP contribution in [0.25, 0.3) is 0 Å². The summed E-state index contributed by atoms with van der Waals surface area (Å²) >= 11 is 0. The van der Waals surface area contributed by atoms with Crippen molar-refractivity contribution in [2.75, 3.05) is 0 Å². The van der Waals surface area contributed by atoms with Crippen molar-refractivity contribution in [3.05, 3.63) is 35.4 Å². The molecule has 0 aromatic carbocycles. The molecule has 0 fully saturated rings. The van der Waals surface area contributed by atoms with E-state index in [1.807, 2.05) is 0 Å². The maximum atomic E-state index is 12.1. The first-order chi connectivity index (χ1) is 8.70. The van der Waals surface area contributed by atoms with Crippen molar-refractivity contribution >= 4 is 11.8 Å². The number of rotatable bonds is 2. The molecule has 2 aromatic rings. The van der Waals surface area contributed by atoms with Crippen molar-refractivity contribution in [3.63, 3.8) is 0 Å². The normalized spacial score (nSPS) is 15.9. The predicted molar refractivity (Wildman–Crippen MR) is 57.3 cm³/mol. The van der Waals surface area contributed by atoms with Crippen molar-refractivity contribution in [1.82, 2.24) is 30.5 Å². The van der Waals surface area contributed by atoms with E-state index in [1.54, 1.807) is 19.1 Å². The molecule has 1 N–H and O–H groups in total. The summed E-state index contributed by atoms with van der Waals surface area (Å²) in [6.07, 6.45) is 1.48. The molecular formula is C10H8N6O2. The lowest BCUT2D eigenvalue weighted by atomic mass is 10.2. The van der Waals surface area contributed by atoms with Gasteiger partial charge in [0.25, 0.3) is 11.8 Å². The quantitative estimate of drug-likeness (QED) is 0.742. The van der Waals surface area contributed by atoms with Crippen LogP contribution in [0, 0.1) is 0 Å². The second-order valence-electron chi connectivity index (χ2n) is 3.83. The highest BCUT2D eigenvalue weighted by Gasteiger charge is 2.41. The van der Waals surface area contributed by atoms with E-state index in [0.29, 0.717) is 5.56 Å². The Bertz CT molecular complexity index is 588. The van der Waals surface area contributed by atoms with Crippen LogP contribution in [0.3, 0.4) is 0 Å². The van der Waals surface area contributed by atoms with E-state index in [1.165, 1.54) is 6.20 Å². The molecule has 8 nitrogen and oxygen atoms in total. The summed E-state index contributed by atoms with van der Waals surface area (Å²) in [5.74, 6) is -0.544. The van der Waals surface area contributed by atoms with Gasteiger partial charge in [0.05, 0.1) is 5.56 Å². The van der Waals surface area contributed by atoms with E-state index in [2.05, 4.69) is 25.6 Å². The number of H-pyrrole nitrogens is 1. The zero-order valence-electron chi connectivity index (χ0n) is 9.36. The first kappa shape index (κ1) is 10.5.